The number of halogens is 1. The summed E-state index contributed by atoms with van der Waals surface area (Å²) in [5, 5.41) is 9.01. The van der Waals surface area contributed by atoms with E-state index >= 15 is 0 Å². The summed E-state index contributed by atoms with van der Waals surface area (Å²) in [5.74, 6) is 1.09. The summed E-state index contributed by atoms with van der Waals surface area (Å²) in [6.45, 7) is 5.01. The Morgan fingerprint density at radius 2 is 1.92 bits per heavy atom. The van der Waals surface area contributed by atoms with Crippen molar-refractivity contribution in [3.05, 3.63) is 70.6 Å². The van der Waals surface area contributed by atoms with E-state index in [-0.39, 0.29) is 6.04 Å². The zero-order chi connectivity index (χ0) is 17.1. The molecule has 0 aliphatic carbocycles. The lowest BCUT2D eigenvalue weighted by Crippen LogP contribution is -2.22. The minimum absolute atomic E-state index is 0.0186. The van der Waals surface area contributed by atoms with E-state index in [4.69, 9.17) is 16.0 Å². The van der Waals surface area contributed by atoms with Crippen LogP contribution in [0.1, 0.15) is 30.0 Å². The van der Waals surface area contributed by atoms with Gasteiger partial charge in [0.15, 0.2) is 0 Å². The van der Waals surface area contributed by atoms with E-state index in [2.05, 4.69) is 60.3 Å². The van der Waals surface area contributed by atoms with Gasteiger partial charge in [-0.25, -0.2) is 0 Å². The van der Waals surface area contributed by atoms with Gasteiger partial charge < -0.3 is 4.42 Å². The van der Waals surface area contributed by atoms with Crippen LogP contribution in [0.2, 0.25) is 5.02 Å². The van der Waals surface area contributed by atoms with Crippen LogP contribution in [0.15, 0.2) is 52.9 Å². The number of benzene rings is 2. The quantitative estimate of drug-likeness (QED) is 0.662. The fraction of sp³-hybridized carbons (Fsp3) is 0.263. The Bertz CT molecular complexity index is 831. The van der Waals surface area contributed by atoms with Gasteiger partial charge in [-0.15, -0.1) is 10.2 Å². The SMILES string of the molecule is Cc1ccccc1CN(C)C(C)c1nnc(-c2cccc(Cl)c2)o1. The van der Waals surface area contributed by atoms with Gasteiger partial charge in [0, 0.05) is 17.1 Å². The number of hydrogen-bond donors (Lipinski definition) is 0. The third-order valence-electron chi connectivity index (χ3n) is 4.21. The number of aromatic nitrogens is 2. The van der Waals surface area contributed by atoms with E-state index in [9.17, 15) is 0 Å². The van der Waals surface area contributed by atoms with Gasteiger partial charge in [-0.3, -0.25) is 4.90 Å². The molecule has 3 aromatic rings. The highest BCUT2D eigenvalue weighted by atomic mass is 35.5. The maximum atomic E-state index is 6.02. The molecule has 124 valence electrons. The Hall–Kier alpha value is -2.17. The molecule has 3 rings (SSSR count). The molecule has 0 fully saturated rings. The fourth-order valence-electron chi connectivity index (χ4n) is 2.52. The zero-order valence-electron chi connectivity index (χ0n) is 14.0. The number of rotatable bonds is 5. The van der Waals surface area contributed by atoms with Gasteiger partial charge >= 0.3 is 0 Å². The number of nitrogens with zero attached hydrogens (tertiary/aromatic N) is 3. The highest BCUT2D eigenvalue weighted by molar-refractivity contribution is 6.30. The van der Waals surface area contributed by atoms with Crippen LogP contribution in [-0.2, 0) is 6.54 Å². The monoisotopic (exact) mass is 341 g/mol. The van der Waals surface area contributed by atoms with Crippen molar-refractivity contribution < 1.29 is 4.42 Å². The zero-order valence-corrected chi connectivity index (χ0v) is 14.8. The van der Waals surface area contributed by atoms with E-state index < -0.39 is 0 Å². The molecule has 0 spiro atoms. The molecule has 4 nitrogen and oxygen atoms in total. The molecular weight excluding hydrogens is 322 g/mol. The van der Waals surface area contributed by atoms with Gasteiger partial charge in [-0.2, -0.15) is 0 Å². The summed E-state index contributed by atoms with van der Waals surface area (Å²) in [4.78, 5) is 2.19. The van der Waals surface area contributed by atoms with Crippen molar-refractivity contribution in [3.63, 3.8) is 0 Å². The van der Waals surface area contributed by atoms with Crippen LogP contribution in [0.4, 0.5) is 0 Å². The Balaban J connectivity index is 1.76. The van der Waals surface area contributed by atoms with Crippen molar-refractivity contribution in [2.75, 3.05) is 7.05 Å². The molecule has 0 radical (unpaired) electrons. The van der Waals surface area contributed by atoms with E-state index in [0.717, 1.165) is 12.1 Å². The molecule has 2 aromatic carbocycles. The second kappa shape index (κ2) is 7.16. The number of aryl methyl sites for hydroxylation is 1. The average Bonchev–Trinajstić information content (AvgIpc) is 3.06. The predicted molar refractivity (Wildman–Crippen MR) is 95.8 cm³/mol. The Morgan fingerprint density at radius 3 is 2.67 bits per heavy atom. The maximum absolute atomic E-state index is 6.02. The van der Waals surface area contributed by atoms with Crippen LogP contribution in [0.25, 0.3) is 11.5 Å². The lowest BCUT2D eigenvalue weighted by molar-refractivity contribution is 0.217. The molecule has 1 aromatic heterocycles. The predicted octanol–water partition coefficient (Wildman–Crippen LogP) is 4.89. The van der Waals surface area contributed by atoms with Crippen LogP contribution in [0.5, 0.6) is 0 Å². The topological polar surface area (TPSA) is 42.2 Å². The minimum atomic E-state index is 0.0186. The Labute approximate surface area is 147 Å². The summed E-state index contributed by atoms with van der Waals surface area (Å²) in [5.41, 5.74) is 3.40. The fourth-order valence-corrected chi connectivity index (χ4v) is 2.71. The van der Waals surface area contributed by atoms with Crippen LogP contribution >= 0.6 is 11.6 Å². The second-order valence-electron chi connectivity index (χ2n) is 5.97. The summed E-state index contributed by atoms with van der Waals surface area (Å²) in [7, 11) is 2.06. The van der Waals surface area contributed by atoms with Gasteiger partial charge in [-0.1, -0.05) is 41.9 Å². The summed E-state index contributed by atoms with van der Waals surface area (Å²) >= 11 is 6.02. The first-order chi connectivity index (χ1) is 11.5. The van der Waals surface area contributed by atoms with Gasteiger partial charge in [0.1, 0.15) is 0 Å². The second-order valence-corrected chi connectivity index (χ2v) is 6.41. The summed E-state index contributed by atoms with van der Waals surface area (Å²) in [6, 6.07) is 15.8. The molecular formula is C19H20ClN3O. The van der Waals surface area contributed by atoms with Crippen LogP contribution in [0.3, 0.4) is 0 Å². The molecule has 1 unspecified atom stereocenters. The average molecular weight is 342 g/mol. The highest BCUT2D eigenvalue weighted by Gasteiger charge is 2.19. The Morgan fingerprint density at radius 1 is 1.12 bits per heavy atom. The maximum Gasteiger partial charge on any atom is 0.247 e. The van der Waals surface area contributed by atoms with E-state index in [1.54, 1.807) is 0 Å². The van der Waals surface area contributed by atoms with Gasteiger partial charge in [0.2, 0.25) is 11.8 Å². The first-order valence-corrected chi connectivity index (χ1v) is 8.26. The molecule has 24 heavy (non-hydrogen) atoms. The van der Waals surface area contributed by atoms with Crippen LogP contribution < -0.4 is 0 Å². The van der Waals surface area contributed by atoms with E-state index in [0.29, 0.717) is 16.8 Å². The lowest BCUT2D eigenvalue weighted by Gasteiger charge is -2.22. The minimum Gasteiger partial charge on any atom is -0.419 e. The summed E-state index contributed by atoms with van der Waals surface area (Å²) in [6.07, 6.45) is 0. The molecule has 0 aliphatic rings. The van der Waals surface area contributed by atoms with Crippen LogP contribution in [0, 0.1) is 6.92 Å². The third-order valence-corrected chi connectivity index (χ3v) is 4.45. The molecule has 0 N–H and O–H groups in total. The first kappa shape index (κ1) is 16.7. The Kier molecular flexibility index (Phi) is 4.97. The molecule has 5 heteroatoms. The van der Waals surface area contributed by atoms with E-state index in [1.807, 2.05) is 24.3 Å². The van der Waals surface area contributed by atoms with Crippen molar-refractivity contribution >= 4 is 11.6 Å². The molecule has 0 saturated carbocycles. The summed E-state index contributed by atoms with van der Waals surface area (Å²) < 4.78 is 5.85. The van der Waals surface area contributed by atoms with Crippen LogP contribution in [-0.4, -0.2) is 22.1 Å². The lowest BCUT2D eigenvalue weighted by atomic mass is 10.1. The largest absolute Gasteiger partial charge is 0.419 e. The van der Waals surface area contributed by atoms with Crippen molar-refractivity contribution in [2.45, 2.75) is 26.4 Å². The highest BCUT2D eigenvalue weighted by Crippen LogP contribution is 2.26. The molecule has 1 heterocycles. The number of hydrogen-bond acceptors (Lipinski definition) is 4. The smallest absolute Gasteiger partial charge is 0.247 e. The molecule has 0 aliphatic heterocycles. The van der Waals surface area contributed by atoms with Gasteiger partial charge in [0.25, 0.3) is 0 Å². The third kappa shape index (κ3) is 3.66. The normalized spacial score (nSPS) is 12.5. The first-order valence-electron chi connectivity index (χ1n) is 7.88. The van der Waals surface area contributed by atoms with Crippen molar-refractivity contribution in [2.24, 2.45) is 0 Å². The van der Waals surface area contributed by atoms with Gasteiger partial charge in [0.05, 0.1) is 6.04 Å². The van der Waals surface area contributed by atoms with Crippen molar-refractivity contribution in [1.29, 1.82) is 0 Å². The molecule has 0 saturated heterocycles. The van der Waals surface area contributed by atoms with Crippen molar-refractivity contribution in [3.8, 4) is 11.5 Å². The molecule has 1 atom stereocenters. The molecule has 0 bridgehead atoms. The van der Waals surface area contributed by atoms with Gasteiger partial charge in [-0.05, 0) is 50.2 Å². The van der Waals surface area contributed by atoms with E-state index in [1.165, 1.54) is 11.1 Å². The molecule has 0 amide bonds. The van der Waals surface area contributed by atoms with Crippen molar-refractivity contribution in [1.82, 2.24) is 15.1 Å². The standard InChI is InChI=1S/C19H20ClN3O/c1-13-7-4-5-8-16(13)12-23(3)14(2)18-21-22-19(24-18)15-9-6-10-17(20)11-15/h4-11,14H,12H2,1-3H3.